The van der Waals surface area contributed by atoms with Crippen molar-refractivity contribution in [2.45, 2.75) is 39.7 Å². The summed E-state index contributed by atoms with van der Waals surface area (Å²) >= 11 is 0. The van der Waals surface area contributed by atoms with Crippen LogP contribution in [0.4, 0.5) is 0 Å². The average Bonchev–Trinajstić information content (AvgIpc) is 2.46. The molecule has 1 fully saturated rings. The van der Waals surface area contributed by atoms with E-state index in [0.29, 0.717) is 11.8 Å². The molecule has 1 rings (SSSR count). The molecule has 0 aromatic carbocycles. The number of carbonyl (C=O) groups is 1. The summed E-state index contributed by atoms with van der Waals surface area (Å²) in [6.45, 7) is 8.23. The van der Waals surface area contributed by atoms with Crippen LogP contribution in [-0.4, -0.2) is 29.9 Å². The second kappa shape index (κ2) is 4.78. The van der Waals surface area contributed by atoms with Crippen LogP contribution in [0.2, 0.25) is 0 Å². The van der Waals surface area contributed by atoms with E-state index in [-0.39, 0.29) is 11.9 Å². The van der Waals surface area contributed by atoms with E-state index < -0.39 is 0 Å². The monoisotopic (exact) mass is 198 g/mol. The lowest BCUT2D eigenvalue weighted by Gasteiger charge is -2.20. The first-order valence-corrected chi connectivity index (χ1v) is 5.60. The Morgan fingerprint density at radius 3 is 2.36 bits per heavy atom. The number of carbonyl (C=O) groups excluding carboxylic acids is 1. The first kappa shape index (κ1) is 11.5. The van der Waals surface area contributed by atoms with Gasteiger partial charge in [0, 0.05) is 13.1 Å². The molecule has 1 heterocycles. The predicted molar refractivity (Wildman–Crippen MR) is 57.8 cm³/mol. The van der Waals surface area contributed by atoms with Crippen molar-refractivity contribution in [2.75, 3.05) is 13.1 Å². The normalized spacial score (nSPS) is 29.3. The Morgan fingerprint density at radius 2 is 1.93 bits per heavy atom. The van der Waals surface area contributed by atoms with Crippen molar-refractivity contribution in [2.24, 2.45) is 17.6 Å². The largest absolute Gasteiger partial charge is 0.341 e. The number of hydrogen-bond donors (Lipinski definition) is 1. The molecule has 1 aliphatic heterocycles. The van der Waals surface area contributed by atoms with Crippen molar-refractivity contribution in [1.29, 1.82) is 0 Å². The van der Waals surface area contributed by atoms with Gasteiger partial charge in [-0.3, -0.25) is 4.79 Å². The molecule has 14 heavy (non-hydrogen) atoms. The van der Waals surface area contributed by atoms with E-state index in [1.54, 1.807) is 0 Å². The smallest absolute Gasteiger partial charge is 0.239 e. The Balaban J connectivity index is 2.46. The molecule has 3 atom stereocenters. The summed E-state index contributed by atoms with van der Waals surface area (Å²) in [4.78, 5) is 13.8. The van der Waals surface area contributed by atoms with Gasteiger partial charge in [0.25, 0.3) is 0 Å². The summed E-state index contributed by atoms with van der Waals surface area (Å²) in [5, 5.41) is 0. The van der Waals surface area contributed by atoms with Crippen molar-refractivity contribution >= 4 is 5.91 Å². The first-order chi connectivity index (χ1) is 6.56. The fourth-order valence-electron chi connectivity index (χ4n) is 1.98. The molecule has 0 aromatic rings. The lowest BCUT2D eigenvalue weighted by atomic mass is 10.0. The third-order valence-corrected chi connectivity index (χ3v) is 3.22. The fourth-order valence-corrected chi connectivity index (χ4v) is 1.98. The summed E-state index contributed by atoms with van der Waals surface area (Å²) in [6.07, 6.45) is 1.78. The van der Waals surface area contributed by atoms with Gasteiger partial charge < -0.3 is 10.6 Å². The summed E-state index contributed by atoms with van der Waals surface area (Å²) in [6, 6.07) is -0.280. The van der Waals surface area contributed by atoms with Gasteiger partial charge in [-0.2, -0.15) is 0 Å². The van der Waals surface area contributed by atoms with Crippen LogP contribution in [0.5, 0.6) is 0 Å². The third-order valence-electron chi connectivity index (χ3n) is 3.22. The number of nitrogens with two attached hydrogens (primary N) is 1. The highest BCUT2D eigenvalue weighted by Crippen LogP contribution is 2.22. The lowest BCUT2D eigenvalue weighted by Crippen LogP contribution is -2.42. The van der Waals surface area contributed by atoms with Gasteiger partial charge in [0.2, 0.25) is 5.91 Å². The van der Waals surface area contributed by atoms with Gasteiger partial charge in [-0.05, 0) is 18.3 Å². The molecule has 0 saturated carbocycles. The number of nitrogens with zero attached hydrogens (tertiary/aromatic N) is 1. The van der Waals surface area contributed by atoms with Crippen LogP contribution in [0.25, 0.3) is 0 Å². The second-order valence-electron chi connectivity index (χ2n) is 4.59. The summed E-state index contributed by atoms with van der Waals surface area (Å²) in [7, 11) is 0. The van der Waals surface area contributed by atoms with Crippen LogP contribution in [0.1, 0.15) is 33.6 Å². The van der Waals surface area contributed by atoms with E-state index in [1.807, 2.05) is 4.90 Å². The quantitative estimate of drug-likeness (QED) is 0.741. The molecule has 3 heteroatoms. The Kier molecular flexibility index (Phi) is 3.93. The fraction of sp³-hybridized carbons (Fsp3) is 0.909. The van der Waals surface area contributed by atoms with E-state index in [9.17, 15) is 4.79 Å². The number of hydrogen-bond acceptors (Lipinski definition) is 2. The minimum atomic E-state index is -0.280. The molecule has 2 N–H and O–H groups in total. The SMILES string of the molecule is CCCC(N)C(=O)N1CC(C)C(C)C1. The van der Waals surface area contributed by atoms with E-state index in [0.717, 1.165) is 25.9 Å². The van der Waals surface area contributed by atoms with Crippen LogP contribution in [0.3, 0.4) is 0 Å². The van der Waals surface area contributed by atoms with Crippen molar-refractivity contribution in [3.63, 3.8) is 0 Å². The van der Waals surface area contributed by atoms with Gasteiger partial charge in [-0.1, -0.05) is 27.2 Å². The van der Waals surface area contributed by atoms with Crippen LogP contribution in [-0.2, 0) is 4.79 Å². The minimum absolute atomic E-state index is 0.142. The van der Waals surface area contributed by atoms with Crippen molar-refractivity contribution in [1.82, 2.24) is 4.90 Å². The van der Waals surface area contributed by atoms with Gasteiger partial charge in [-0.25, -0.2) is 0 Å². The molecule has 0 radical (unpaired) electrons. The average molecular weight is 198 g/mol. The molecule has 3 nitrogen and oxygen atoms in total. The molecule has 3 unspecified atom stereocenters. The van der Waals surface area contributed by atoms with Crippen LogP contribution >= 0.6 is 0 Å². The van der Waals surface area contributed by atoms with Gasteiger partial charge in [-0.15, -0.1) is 0 Å². The molecule has 0 aromatic heterocycles. The maximum Gasteiger partial charge on any atom is 0.239 e. The van der Waals surface area contributed by atoms with Crippen molar-refractivity contribution < 1.29 is 4.79 Å². The van der Waals surface area contributed by atoms with Crippen LogP contribution < -0.4 is 5.73 Å². The van der Waals surface area contributed by atoms with Crippen molar-refractivity contribution in [3.05, 3.63) is 0 Å². The van der Waals surface area contributed by atoms with Crippen molar-refractivity contribution in [3.8, 4) is 0 Å². The highest BCUT2D eigenvalue weighted by atomic mass is 16.2. The molecule has 0 bridgehead atoms. The van der Waals surface area contributed by atoms with E-state index in [2.05, 4.69) is 20.8 Å². The zero-order valence-corrected chi connectivity index (χ0v) is 9.49. The maximum absolute atomic E-state index is 11.8. The number of likely N-dealkylation sites (tertiary alicyclic amines) is 1. The Hall–Kier alpha value is -0.570. The highest BCUT2D eigenvalue weighted by molar-refractivity contribution is 5.81. The molecule has 1 amide bonds. The van der Waals surface area contributed by atoms with E-state index in [1.165, 1.54) is 0 Å². The first-order valence-electron chi connectivity index (χ1n) is 5.60. The number of rotatable bonds is 3. The molecule has 1 aliphatic rings. The lowest BCUT2D eigenvalue weighted by molar-refractivity contribution is -0.131. The zero-order chi connectivity index (χ0) is 10.7. The Morgan fingerprint density at radius 1 is 1.43 bits per heavy atom. The van der Waals surface area contributed by atoms with Gasteiger partial charge in [0.05, 0.1) is 6.04 Å². The standard InChI is InChI=1S/C11H22N2O/c1-4-5-10(12)11(14)13-6-8(2)9(3)7-13/h8-10H,4-7,12H2,1-3H3. The van der Waals surface area contributed by atoms with Crippen LogP contribution in [0, 0.1) is 11.8 Å². The predicted octanol–water partition coefficient (Wildman–Crippen LogP) is 1.23. The molecular formula is C11H22N2O. The van der Waals surface area contributed by atoms with Gasteiger partial charge >= 0.3 is 0 Å². The highest BCUT2D eigenvalue weighted by Gasteiger charge is 2.31. The Bertz CT molecular complexity index is 195. The van der Waals surface area contributed by atoms with Gasteiger partial charge in [0.1, 0.15) is 0 Å². The Labute approximate surface area is 86.6 Å². The summed E-state index contributed by atoms with van der Waals surface area (Å²) in [5.74, 6) is 1.38. The molecular weight excluding hydrogens is 176 g/mol. The molecule has 0 aliphatic carbocycles. The third kappa shape index (κ3) is 2.47. The molecule has 1 saturated heterocycles. The summed E-state index contributed by atoms with van der Waals surface area (Å²) in [5.41, 5.74) is 5.81. The maximum atomic E-state index is 11.8. The van der Waals surface area contributed by atoms with Crippen LogP contribution in [0.15, 0.2) is 0 Å². The topological polar surface area (TPSA) is 46.3 Å². The minimum Gasteiger partial charge on any atom is -0.341 e. The van der Waals surface area contributed by atoms with Gasteiger partial charge in [0.15, 0.2) is 0 Å². The van der Waals surface area contributed by atoms with E-state index >= 15 is 0 Å². The molecule has 0 spiro atoms. The molecule has 82 valence electrons. The zero-order valence-electron chi connectivity index (χ0n) is 9.49. The second-order valence-corrected chi connectivity index (χ2v) is 4.59. The summed E-state index contributed by atoms with van der Waals surface area (Å²) < 4.78 is 0. The van der Waals surface area contributed by atoms with E-state index in [4.69, 9.17) is 5.73 Å². The number of amides is 1.